The predicted octanol–water partition coefficient (Wildman–Crippen LogP) is 2.78. The second-order valence-electron chi connectivity index (χ2n) is 4.70. The molecule has 4 nitrogen and oxygen atoms in total. The van der Waals surface area contributed by atoms with Crippen LogP contribution in [0.25, 0.3) is 0 Å². The van der Waals surface area contributed by atoms with E-state index in [0.717, 1.165) is 17.6 Å². The number of ether oxygens (including phenoxy) is 1. The van der Waals surface area contributed by atoms with Crippen molar-refractivity contribution >= 4 is 5.82 Å². The van der Waals surface area contributed by atoms with Crippen LogP contribution in [-0.2, 0) is 0 Å². The van der Waals surface area contributed by atoms with Gasteiger partial charge in [0.05, 0.1) is 6.61 Å². The van der Waals surface area contributed by atoms with Gasteiger partial charge in [0.25, 0.3) is 0 Å². The Hall–Kier alpha value is -1.32. The first-order valence-corrected chi connectivity index (χ1v) is 6.44. The third-order valence-electron chi connectivity index (χ3n) is 3.34. The van der Waals surface area contributed by atoms with E-state index in [2.05, 4.69) is 22.2 Å². The molecule has 0 spiro atoms. The third-order valence-corrected chi connectivity index (χ3v) is 3.34. The van der Waals surface area contributed by atoms with Crippen molar-refractivity contribution in [3.63, 3.8) is 0 Å². The van der Waals surface area contributed by atoms with Crippen molar-refractivity contribution in [2.75, 3.05) is 11.9 Å². The molecule has 0 radical (unpaired) electrons. The van der Waals surface area contributed by atoms with E-state index >= 15 is 0 Å². The number of rotatable bonds is 5. The second kappa shape index (κ2) is 5.34. The fraction of sp³-hybridized carbons (Fsp3) is 0.692. The first-order valence-electron chi connectivity index (χ1n) is 6.44. The lowest BCUT2D eigenvalue weighted by molar-refractivity contribution is 0.284. The minimum absolute atomic E-state index is 0.479. The van der Waals surface area contributed by atoms with Gasteiger partial charge >= 0.3 is 0 Å². The molecule has 1 aromatic rings. The molecule has 2 rings (SSSR count). The largest absolute Gasteiger partial charge is 0.478 e. The Morgan fingerprint density at radius 2 is 2.24 bits per heavy atom. The van der Waals surface area contributed by atoms with E-state index in [4.69, 9.17) is 4.74 Å². The molecule has 0 amide bonds. The van der Waals surface area contributed by atoms with E-state index in [1.165, 1.54) is 19.3 Å². The highest BCUT2D eigenvalue weighted by Gasteiger charge is 2.24. The number of aryl methyl sites for hydroxylation is 1. The van der Waals surface area contributed by atoms with Crippen molar-refractivity contribution in [2.24, 2.45) is 5.92 Å². The number of hydrogen-bond acceptors (Lipinski definition) is 4. The molecule has 1 unspecified atom stereocenters. The third kappa shape index (κ3) is 3.08. The molecule has 1 aromatic heterocycles. The van der Waals surface area contributed by atoms with Crippen LogP contribution in [0, 0.1) is 12.8 Å². The molecule has 0 aliphatic heterocycles. The quantitative estimate of drug-likeness (QED) is 0.852. The Kier molecular flexibility index (Phi) is 3.82. The summed E-state index contributed by atoms with van der Waals surface area (Å²) in [5.74, 6) is 3.07. The zero-order chi connectivity index (χ0) is 12.3. The van der Waals surface area contributed by atoms with E-state index in [9.17, 15) is 0 Å². The van der Waals surface area contributed by atoms with E-state index < -0.39 is 0 Å². The van der Waals surface area contributed by atoms with E-state index in [1.807, 2.05) is 19.9 Å². The van der Waals surface area contributed by atoms with Crippen molar-refractivity contribution in [1.82, 2.24) is 9.97 Å². The van der Waals surface area contributed by atoms with Gasteiger partial charge < -0.3 is 10.1 Å². The van der Waals surface area contributed by atoms with E-state index in [1.54, 1.807) is 0 Å². The molecule has 0 bridgehead atoms. The summed E-state index contributed by atoms with van der Waals surface area (Å²) in [6.07, 6.45) is 4.02. The van der Waals surface area contributed by atoms with Gasteiger partial charge in [0.1, 0.15) is 11.6 Å². The van der Waals surface area contributed by atoms with Crippen molar-refractivity contribution in [3.8, 4) is 5.88 Å². The average Bonchev–Trinajstić information content (AvgIpc) is 2.13. The van der Waals surface area contributed by atoms with Gasteiger partial charge in [-0.15, -0.1) is 0 Å². The van der Waals surface area contributed by atoms with Gasteiger partial charge in [-0.05, 0) is 39.5 Å². The fourth-order valence-electron chi connectivity index (χ4n) is 2.13. The summed E-state index contributed by atoms with van der Waals surface area (Å²) < 4.78 is 5.42. The van der Waals surface area contributed by atoms with Crippen molar-refractivity contribution in [2.45, 2.75) is 46.1 Å². The van der Waals surface area contributed by atoms with Crippen LogP contribution in [0.1, 0.15) is 38.9 Å². The summed E-state index contributed by atoms with van der Waals surface area (Å²) in [7, 11) is 0. The van der Waals surface area contributed by atoms with Gasteiger partial charge in [-0.25, -0.2) is 4.98 Å². The lowest BCUT2D eigenvalue weighted by Gasteiger charge is -2.32. The maximum absolute atomic E-state index is 5.42. The molecule has 1 atom stereocenters. The monoisotopic (exact) mass is 235 g/mol. The molecule has 1 aliphatic rings. The molecule has 94 valence electrons. The number of hydrogen-bond donors (Lipinski definition) is 1. The Labute approximate surface area is 103 Å². The Morgan fingerprint density at radius 3 is 2.82 bits per heavy atom. The van der Waals surface area contributed by atoms with Crippen LogP contribution in [0.2, 0.25) is 0 Å². The van der Waals surface area contributed by atoms with Gasteiger partial charge in [0, 0.05) is 12.1 Å². The van der Waals surface area contributed by atoms with Crippen molar-refractivity contribution in [1.29, 1.82) is 0 Å². The Balaban J connectivity index is 2.03. The highest BCUT2D eigenvalue weighted by molar-refractivity contribution is 5.39. The molecule has 1 saturated carbocycles. The summed E-state index contributed by atoms with van der Waals surface area (Å²) in [5, 5.41) is 3.45. The lowest BCUT2D eigenvalue weighted by atomic mass is 9.80. The van der Waals surface area contributed by atoms with Crippen LogP contribution >= 0.6 is 0 Å². The highest BCUT2D eigenvalue weighted by Crippen LogP contribution is 2.31. The summed E-state index contributed by atoms with van der Waals surface area (Å²) in [5.41, 5.74) is 0. The van der Waals surface area contributed by atoms with Crippen LogP contribution in [-0.4, -0.2) is 22.6 Å². The first-order chi connectivity index (χ1) is 8.19. The van der Waals surface area contributed by atoms with Gasteiger partial charge in [-0.2, -0.15) is 4.98 Å². The molecule has 0 aromatic carbocycles. The van der Waals surface area contributed by atoms with Crippen molar-refractivity contribution < 1.29 is 4.74 Å². The SMILES string of the molecule is CCOc1cc(NC(C)C2CCC2)nc(C)n1. The van der Waals surface area contributed by atoms with Gasteiger partial charge in [0.2, 0.25) is 5.88 Å². The van der Waals surface area contributed by atoms with Gasteiger partial charge in [0.15, 0.2) is 0 Å². The Morgan fingerprint density at radius 1 is 1.47 bits per heavy atom. The number of anilines is 1. The fourth-order valence-corrected chi connectivity index (χ4v) is 2.13. The average molecular weight is 235 g/mol. The van der Waals surface area contributed by atoms with Crippen LogP contribution < -0.4 is 10.1 Å². The molecule has 1 heterocycles. The molecule has 4 heteroatoms. The summed E-state index contributed by atoms with van der Waals surface area (Å²) in [6.45, 7) is 6.71. The molecule has 1 aliphatic carbocycles. The second-order valence-corrected chi connectivity index (χ2v) is 4.70. The van der Waals surface area contributed by atoms with Gasteiger partial charge in [-0.3, -0.25) is 0 Å². The Bertz CT molecular complexity index is 377. The van der Waals surface area contributed by atoms with Crippen molar-refractivity contribution in [3.05, 3.63) is 11.9 Å². The van der Waals surface area contributed by atoms with Crippen LogP contribution in [0.15, 0.2) is 6.07 Å². The minimum atomic E-state index is 0.479. The number of nitrogens with zero attached hydrogens (tertiary/aromatic N) is 2. The molecule has 17 heavy (non-hydrogen) atoms. The van der Waals surface area contributed by atoms with Crippen LogP contribution in [0.3, 0.4) is 0 Å². The number of aromatic nitrogens is 2. The molecule has 0 saturated heterocycles. The molecular formula is C13H21N3O. The molecular weight excluding hydrogens is 214 g/mol. The zero-order valence-corrected chi connectivity index (χ0v) is 10.9. The summed E-state index contributed by atoms with van der Waals surface area (Å²) >= 11 is 0. The maximum Gasteiger partial charge on any atom is 0.218 e. The zero-order valence-electron chi connectivity index (χ0n) is 10.9. The normalized spacial score (nSPS) is 17.4. The lowest BCUT2D eigenvalue weighted by Crippen LogP contribution is -2.31. The minimum Gasteiger partial charge on any atom is -0.478 e. The predicted molar refractivity (Wildman–Crippen MR) is 68.4 cm³/mol. The topological polar surface area (TPSA) is 47.0 Å². The first kappa shape index (κ1) is 12.1. The molecule has 1 N–H and O–H groups in total. The van der Waals surface area contributed by atoms with E-state index in [-0.39, 0.29) is 0 Å². The van der Waals surface area contributed by atoms with Gasteiger partial charge in [-0.1, -0.05) is 6.42 Å². The standard InChI is InChI=1S/C13H21N3O/c1-4-17-13-8-12(15-10(3)16-13)14-9(2)11-6-5-7-11/h8-9,11H,4-7H2,1-3H3,(H,14,15,16). The number of nitrogens with one attached hydrogen (secondary N) is 1. The van der Waals surface area contributed by atoms with Crippen LogP contribution in [0.5, 0.6) is 5.88 Å². The highest BCUT2D eigenvalue weighted by atomic mass is 16.5. The summed E-state index contributed by atoms with van der Waals surface area (Å²) in [6, 6.07) is 2.36. The summed E-state index contributed by atoms with van der Waals surface area (Å²) in [4.78, 5) is 8.63. The van der Waals surface area contributed by atoms with Crippen LogP contribution in [0.4, 0.5) is 5.82 Å². The van der Waals surface area contributed by atoms with E-state index in [0.29, 0.717) is 18.5 Å². The smallest absolute Gasteiger partial charge is 0.218 e. The molecule has 1 fully saturated rings. The maximum atomic E-state index is 5.42.